The van der Waals surface area contributed by atoms with Gasteiger partial charge in [-0.15, -0.1) is 23.7 Å². The molecule has 2 aromatic rings. The lowest BCUT2D eigenvalue weighted by molar-refractivity contribution is 0.0925. The first-order valence-corrected chi connectivity index (χ1v) is 9.34. The molecule has 2 heterocycles. The van der Waals surface area contributed by atoms with Gasteiger partial charge in [0, 0.05) is 17.0 Å². The molecule has 3 rings (SSSR count). The summed E-state index contributed by atoms with van der Waals surface area (Å²) in [5.41, 5.74) is 1.50. The zero-order valence-electron chi connectivity index (χ0n) is 14.3. The molecule has 0 atom stereocenters. The van der Waals surface area contributed by atoms with Gasteiger partial charge < -0.3 is 15.4 Å². The summed E-state index contributed by atoms with van der Waals surface area (Å²) in [5.74, 6) is 0.785. The van der Waals surface area contributed by atoms with Crippen LogP contribution in [0.4, 0.5) is 0 Å². The predicted octanol–water partition coefficient (Wildman–Crippen LogP) is 3.50. The maximum absolute atomic E-state index is 12.3. The van der Waals surface area contributed by atoms with Gasteiger partial charge in [0.1, 0.15) is 16.5 Å². The van der Waals surface area contributed by atoms with E-state index in [4.69, 9.17) is 4.74 Å². The maximum atomic E-state index is 12.3. The number of hydrogen-bond donors (Lipinski definition) is 2. The largest absolute Gasteiger partial charge is 0.494 e. The zero-order chi connectivity index (χ0) is 16.8. The number of nitrogens with zero attached hydrogens (tertiary/aromatic N) is 1. The van der Waals surface area contributed by atoms with E-state index in [1.54, 1.807) is 0 Å². The van der Waals surface area contributed by atoms with E-state index in [2.05, 4.69) is 22.5 Å². The highest BCUT2D eigenvalue weighted by Crippen LogP contribution is 2.26. The summed E-state index contributed by atoms with van der Waals surface area (Å²) in [7, 11) is 0. The number of carbonyl (C=O) groups excluding carboxylic acids is 1. The molecule has 7 heteroatoms. The number of rotatable bonds is 6. The molecule has 0 bridgehead atoms. The maximum Gasteiger partial charge on any atom is 0.270 e. The fourth-order valence-electron chi connectivity index (χ4n) is 2.65. The van der Waals surface area contributed by atoms with Crippen molar-refractivity contribution in [1.29, 1.82) is 0 Å². The number of ether oxygens (including phenoxy) is 1. The van der Waals surface area contributed by atoms with Crippen molar-refractivity contribution in [2.75, 3.05) is 19.7 Å². The van der Waals surface area contributed by atoms with Gasteiger partial charge in [0.05, 0.1) is 6.61 Å². The highest BCUT2D eigenvalue weighted by atomic mass is 35.5. The fourth-order valence-corrected chi connectivity index (χ4v) is 3.46. The lowest BCUT2D eigenvalue weighted by Crippen LogP contribution is -2.42. The predicted molar refractivity (Wildman–Crippen MR) is 104 cm³/mol. The molecule has 25 heavy (non-hydrogen) atoms. The minimum Gasteiger partial charge on any atom is -0.494 e. The van der Waals surface area contributed by atoms with Gasteiger partial charge in [0.2, 0.25) is 0 Å². The number of amides is 1. The molecule has 2 N–H and O–H groups in total. The zero-order valence-corrected chi connectivity index (χ0v) is 15.9. The van der Waals surface area contributed by atoms with Crippen LogP contribution in [0.25, 0.3) is 10.6 Å². The first kappa shape index (κ1) is 19.7. The molecular weight excluding hydrogens is 358 g/mol. The number of piperidine rings is 1. The lowest BCUT2D eigenvalue weighted by atomic mass is 10.1. The average Bonchev–Trinajstić information content (AvgIpc) is 3.11. The van der Waals surface area contributed by atoms with Crippen molar-refractivity contribution in [3.05, 3.63) is 35.3 Å². The van der Waals surface area contributed by atoms with Crippen LogP contribution in [-0.4, -0.2) is 36.6 Å². The van der Waals surface area contributed by atoms with Crippen LogP contribution in [0, 0.1) is 0 Å². The topological polar surface area (TPSA) is 63.2 Å². The van der Waals surface area contributed by atoms with Gasteiger partial charge in [-0.1, -0.05) is 6.92 Å². The van der Waals surface area contributed by atoms with Gasteiger partial charge >= 0.3 is 0 Å². The van der Waals surface area contributed by atoms with Gasteiger partial charge in [-0.3, -0.25) is 4.79 Å². The number of thiazole rings is 1. The monoisotopic (exact) mass is 381 g/mol. The SMILES string of the molecule is CCCOc1ccc(-c2nc(C(=O)NC3CCNCC3)cs2)cc1.Cl. The Morgan fingerprint density at radius 1 is 1.32 bits per heavy atom. The summed E-state index contributed by atoms with van der Waals surface area (Å²) in [6.45, 7) is 4.72. The Labute approximate surface area is 158 Å². The number of halogens is 1. The van der Waals surface area contributed by atoms with Crippen LogP contribution in [0.2, 0.25) is 0 Å². The molecule has 0 spiro atoms. The molecule has 1 saturated heterocycles. The fraction of sp³-hybridized carbons (Fsp3) is 0.444. The first-order chi connectivity index (χ1) is 11.8. The van der Waals surface area contributed by atoms with Crippen LogP contribution in [0.5, 0.6) is 5.75 Å². The second-order valence-electron chi connectivity index (χ2n) is 5.91. The molecule has 1 aromatic heterocycles. The van der Waals surface area contributed by atoms with E-state index in [1.165, 1.54) is 11.3 Å². The minimum atomic E-state index is -0.0766. The van der Waals surface area contributed by atoms with Crippen LogP contribution in [0.3, 0.4) is 0 Å². The van der Waals surface area contributed by atoms with E-state index >= 15 is 0 Å². The highest BCUT2D eigenvalue weighted by molar-refractivity contribution is 7.13. The van der Waals surface area contributed by atoms with Crippen LogP contribution in [0.1, 0.15) is 36.7 Å². The third kappa shape index (κ3) is 5.42. The second kappa shape index (κ2) is 9.75. The van der Waals surface area contributed by atoms with Crippen molar-refractivity contribution in [3.63, 3.8) is 0 Å². The highest BCUT2D eigenvalue weighted by Gasteiger charge is 2.18. The molecule has 0 radical (unpaired) electrons. The van der Waals surface area contributed by atoms with E-state index in [-0.39, 0.29) is 24.4 Å². The summed E-state index contributed by atoms with van der Waals surface area (Å²) in [6, 6.07) is 8.11. The molecule has 1 aliphatic heterocycles. The molecular formula is C18H24ClN3O2S. The van der Waals surface area contributed by atoms with Gasteiger partial charge in [-0.05, 0) is 56.6 Å². The molecule has 136 valence electrons. The third-order valence-electron chi connectivity index (χ3n) is 3.99. The van der Waals surface area contributed by atoms with Crippen LogP contribution >= 0.6 is 23.7 Å². The van der Waals surface area contributed by atoms with Crippen molar-refractivity contribution < 1.29 is 9.53 Å². The van der Waals surface area contributed by atoms with Gasteiger partial charge in [-0.2, -0.15) is 0 Å². The average molecular weight is 382 g/mol. The Balaban J connectivity index is 0.00000225. The Hall–Kier alpha value is -1.63. The van der Waals surface area contributed by atoms with E-state index in [1.807, 2.05) is 29.6 Å². The summed E-state index contributed by atoms with van der Waals surface area (Å²) < 4.78 is 5.59. The Kier molecular flexibility index (Phi) is 7.68. The Bertz CT molecular complexity index is 669. The third-order valence-corrected chi connectivity index (χ3v) is 4.88. The van der Waals surface area contributed by atoms with Crippen molar-refractivity contribution in [2.24, 2.45) is 0 Å². The van der Waals surface area contributed by atoms with E-state index < -0.39 is 0 Å². The first-order valence-electron chi connectivity index (χ1n) is 8.46. The van der Waals surface area contributed by atoms with E-state index in [0.29, 0.717) is 5.69 Å². The van der Waals surface area contributed by atoms with Crippen molar-refractivity contribution in [1.82, 2.24) is 15.6 Å². The van der Waals surface area contributed by atoms with Crippen LogP contribution in [0.15, 0.2) is 29.6 Å². The molecule has 1 amide bonds. The standard InChI is InChI=1S/C18H23N3O2S.ClH/c1-2-11-23-15-5-3-13(4-6-15)18-21-16(12-24-18)17(22)20-14-7-9-19-10-8-14;/h3-6,12,14,19H,2,7-11H2,1H3,(H,20,22);1H. The van der Waals surface area contributed by atoms with Crippen molar-refractivity contribution in [2.45, 2.75) is 32.2 Å². The summed E-state index contributed by atoms with van der Waals surface area (Å²) in [6.07, 6.45) is 2.94. The molecule has 5 nitrogen and oxygen atoms in total. The number of aromatic nitrogens is 1. The van der Waals surface area contributed by atoms with Crippen molar-refractivity contribution in [3.8, 4) is 16.3 Å². The van der Waals surface area contributed by atoms with Gasteiger partial charge in [0.25, 0.3) is 5.91 Å². The van der Waals surface area contributed by atoms with E-state index in [9.17, 15) is 4.79 Å². The summed E-state index contributed by atoms with van der Waals surface area (Å²) >= 11 is 1.49. The number of hydrogen-bond acceptors (Lipinski definition) is 5. The van der Waals surface area contributed by atoms with Gasteiger partial charge in [-0.25, -0.2) is 4.98 Å². The van der Waals surface area contributed by atoms with Crippen LogP contribution in [-0.2, 0) is 0 Å². The summed E-state index contributed by atoms with van der Waals surface area (Å²) in [4.78, 5) is 16.8. The molecule has 1 aliphatic rings. The Morgan fingerprint density at radius 2 is 2.04 bits per heavy atom. The van der Waals surface area contributed by atoms with Crippen LogP contribution < -0.4 is 15.4 Å². The molecule has 0 saturated carbocycles. The minimum absolute atomic E-state index is 0. The number of nitrogens with one attached hydrogen (secondary N) is 2. The smallest absolute Gasteiger partial charge is 0.270 e. The van der Waals surface area contributed by atoms with Crippen molar-refractivity contribution >= 4 is 29.7 Å². The second-order valence-corrected chi connectivity index (χ2v) is 6.77. The quantitative estimate of drug-likeness (QED) is 0.803. The van der Waals surface area contributed by atoms with Gasteiger partial charge in [0.15, 0.2) is 0 Å². The molecule has 1 aromatic carbocycles. The molecule has 0 unspecified atom stereocenters. The Morgan fingerprint density at radius 3 is 2.72 bits per heavy atom. The number of benzene rings is 1. The summed E-state index contributed by atoms with van der Waals surface area (Å²) in [5, 5.41) is 9.05. The number of carbonyl (C=O) groups is 1. The van der Waals surface area contributed by atoms with E-state index in [0.717, 1.165) is 55.3 Å². The molecule has 1 fully saturated rings. The normalized spacial score (nSPS) is 14.6. The molecule has 0 aliphatic carbocycles. The lowest BCUT2D eigenvalue weighted by Gasteiger charge is -2.23.